The maximum Gasteiger partial charge on any atom is 0.255 e. The maximum absolute atomic E-state index is 15.2. The van der Waals surface area contributed by atoms with Crippen LogP contribution in [-0.4, -0.2) is 101 Å². The zero-order chi connectivity index (χ0) is 44.5. The number of halogens is 1. The summed E-state index contributed by atoms with van der Waals surface area (Å²) in [7, 11) is 4.62. The average molecular weight is 872 g/mol. The van der Waals surface area contributed by atoms with Crippen molar-refractivity contribution in [3.05, 3.63) is 95.2 Å². The molecule has 2 N–H and O–H groups in total. The van der Waals surface area contributed by atoms with Gasteiger partial charge in [0.2, 0.25) is 11.8 Å². The van der Waals surface area contributed by atoms with Crippen molar-refractivity contribution >= 4 is 34.5 Å². The number of nitrogens with zero attached hydrogens (tertiary/aromatic N) is 5. The molecule has 5 aromatic rings. The molecule has 334 valence electrons. The first-order valence-corrected chi connectivity index (χ1v) is 22.3. The van der Waals surface area contributed by atoms with E-state index >= 15 is 4.39 Å². The number of likely N-dealkylation sites (tertiary alicyclic amines) is 1. The quantitative estimate of drug-likeness (QED) is 0.117. The van der Waals surface area contributed by atoms with Gasteiger partial charge in [0.25, 0.3) is 5.91 Å². The van der Waals surface area contributed by atoms with E-state index < -0.39 is 17.8 Å². The molecule has 2 aliphatic carbocycles. The van der Waals surface area contributed by atoms with E-state index in [-0.39, 0.29) is 47.4 Å². The second-order valence-electron chi connectivity index (χ2n) is 17.3. The summed E-state index contributed by atoms with van der Waals surface area (Å²) in [5.74, 6) is 0.757. The van der Waals surface area contributed by atoms with Crippen LogP contribution in [0.25, 0.3) is 22.3 Å². The van der Waals surface area contributed by atoms with Gasteiger partial charge < -0.3 is 34.1 Å². The summed E-state index contributed by atoms with van der Waals surface area (Å²) in [5, 5.41) is 9.86. The lowest BCUT2D eigenvalue weighted by molar-refractivity contribution is -0.143. The molecular weight excluding hydrogens is 818 g/mol. The van der Waals surface area contributed by atoms with Crippen LogP contribution < -0.4 is 24.3 Å². The van der Waals surface area contributed by atoms with Crippen molar-refractivity contribution in [1.29, 1.82) is 0 Å². The van der Waals surface area contributed by atoms with E-state index in [1.807, 2.05) is 48.5 Å². The Hall–Kier alpha value is -6.51. The summed E-state index contributed by atoms with van der Waals surface area (Å²) in [6.07, 6.45) is 8.54. The van der Waals surface area contributed by atoms with Gasteiger partial charge in [-0.05, 0) is 81.2 Å². The normalized spacial score (nSPS) is 19.5. The van der Waals surface area contributed by atoms with E-state index in [0.717, 1.165) is 55.4 Å². The highest BCUT2D eigenvalue weighted by atomic mass is 19.1. The predicted octanol–water partition coefficient (Wildman–Crippen LogP) is 7.27. The lowest BCUT2D eigenvalue weighted by atomic mass is 9.73. The third kappa shape index (κ3) is 8.47. The van der Waals surface area contributed by atoms with Crippen LogP contribution in [0.15, 0.2) is 72.1 Å². The fraction of sp³-hybridized carbons (Fsp3) is 0.429. The number of hydrazone groups is 1. The van der Waals surface area contributed by atoms with Gasteiger partial charge in [0.15, 0.2) is 23.1 Å². The van der Waals surface area contributed by atoms with Crippen LogP contribution in [0, 0.1) is 30.5 Å². The molecule has 0 unspecified atom stereocenters. The van der Waals surface area contributed by atoms with Gasteiger partial charge in [0, 0.05) is 54.2 Å². The van der Waals surface area contributed by atoms with Gasteiger partial charge in [0.1, 0.15) is 29.3 Å². The lowest BCUT2D eigenvalue weighted by Gasteiger charge is -2.43. The number of aromatic nitrogens is 3. The average Bonchev–Trinajstić information content (AvgIpc) is 4.10. The number of rotatable bonds is 14. The van der Waals surface area contributed by atoms with Crippen LogP contribution in [0.3, 0.4) is 0 Å². The van der Waals surface area contributed by atoms with Crippen molar-refractivity contribution < 1.29 is 37.7 Å². The Labute approximate surface area is 371 Å². The monoisotopic (exact) mass is 871 g/mol. The molecule has 3 fully saturated rings. The number of fused-ring (bicyclic) bond motifs is 2. The van der Waals surface area contributed by atoms with Crippen molar-refractivity contribution in [2.24, 2.45) is 22.9 Å². The molecule has 0 spiro atoms. The molecule has 4 heterocycles. The smallest absolute Gasteiger partial charge is 0.255 e. The molecule has 0 radical (unpaired) electrons. The van der Waals surface area contributed by atoms with E-state index in [0.29, 0.717) is 83.7 Å². The molecule has 3 amide bonds. The van der Waals surface area contributed by atoms with Crippen LogP contribution in [0.5, 0.6) is 23.0 Å². The zero-order valence-electron chi connectivity index (χ0n) is 36.7. The molecule has 0 bridgehead atoms. The first-order valence-electron chi connectivity index (χ1n) is 22.3. The van der Waals surface area contributed by atoms with Crippen molar-refractivity contribution in [3.63, 3.8) is 0 Å². The molecule has 2 aliphatic heterocycles. The number of methoxy groups -OCH3 is 3. The molecule has 4 aliphatic rings. The topological polar surface area (TPSA) is 161 Å². The van der Waals surface area contributed by atoms with Crippen molar-refractivity contribution in [3.8, 4) is 34.3 Å². The number of amides is 3. The van der Waals surface area contributed by atoms with Gasteiger partial charge in [-0.25, -0.2) is 19.4 Å². The summed E-state index contributed by atoms with van der Waals surface area (Å²) in [4.78, 5) is 57.3. The number of benzene rings is 3. The van der Waals surface area contributed by atoms with Gasteiger partial charge in [0.05, 0.1) is 50.8 Å². The van der Waals surface area contributed by atoms with Crippen LogP contribution in [0.4, 0.5) is 4.39 Å². The summed E-state index contributed by atoms with van der Waals surface area (Å²) in [5.41, 5.74) is 4.97. The molecule has 9 rings (SSSR count). The first kappa shape index (κ1) is 42.8. The molecule has 2 aromatic heterocycles. The summed E-state index contributed by atoms with van der Waals surface area (Å²) in [6.45, 7) is 3.01. The predicted molar refractivity (Wildman–Crippen MR) is 238 cm³/mol. The van der Waals surface area contributed by atoms with Gasteiger partial charge in [-0.2, -0.15) is 5.10 Å². The molecule has 3 aromatic carbocycles. The minimum atomic E-state index is -0.912. The van der Waals surface area contributed by atoms with Crippen LogP contribution in [-0.2, 0) is 16.0 Å². The third-order valence-corrected chi connectivity index (χ3v) is 13.2. The summed E-state index contributed by atoms with van der Waals surface area (Å²) in [6, 6.07) is 17.1. The number of ether oxygens (including phenoxy) is 4. The Kier molecular flexibility index (Phi) is 12.2. The Balaban J connectivity index is 0.960. The van der Waals surface area contributed by atoms with Crippen molar-refractivity contribution in [2.75, 3.05) is 41.0 Å². The number of piperidine rings is 1. The highest BCUT2D eigenvalue weighted by Gasteiger charge is 2.44. The minimum absolute atomic E-state index is 0.0207. The molecule has 1 saturated heterocycles. The van der Waals surface area contributed by atoms with Crippen LogP contribution >= 0.6 is 0 Å². The maximum atomic E-state index is 15.2. The number of hydrogen-bond donors (Lipinski definition) is 2. The first-order chi connectivity index (χ1) is 31.1. The SMILES string of the molecule is COc1cc(OCC2CC2)c(-c2ncnc3c(C(=O)N[C@H](Cc4ccccc4)C(=O)N4CCC(N5N=C(c6ccc(OC)c(OC)c6)[C@H]6CCCC[C@H]6C5=O)CC4)c(C)[nH]c23)cc1F. The van der Waals surface area contributed by atoms with E-state index in [2.05, 4.69) is 20.3 Å². The minimum Gasteiger partial charge on any atom is -0.494 e. The molecule has 14 nitrogen and oxygen atoms in total. The summed E-state index contributed by atoms with van der Waals surface area (Å²) >= 11 is 0. The highest BCUT2D eigenvalue weighted by Crippen LogP contribution is 2.42. The Morgan fingerprint density at radius 1 is 0.859 bits per heavy atom. The standard InChI is InChI=1S/C49H54FN7O7/c1-28-42(45-46(53-28)44(51-27-52-45)35-24-36(50)40(62-3)25-39(35)64-26-30-14-15-30)47(58)54-37(22-29-10-6-5-7-11-29)49(60)56-20-18-32(19-21-56)57-48(59)34-13-9-8-12-33(34)43(55-57)31-16-17-38(61-2)41(23-31)63-4/h5-7,10-11,16-17,23-25,27,30,32-34,37,53H,8-9,12-15,18-22,26H2,1-4H3,(H,54,58)/t33-,34+,37+/m0/s1. The van der Waals surface area contributed by atoms with E-state index in [4.69, 9.17) is 24.0 Å². The Morgan fingerprint density at radius 2 is 1.59 bits per heavy atom. The number of hydrogen-bond acceptors (Lipinski definition) is 10. The summed E-state index contributed by atoms with van der Waals surface area (Å²) < 4.78 is 37.8. The number of carbonyl (C=O) groups excluding carboxylic acids is 3. The number of aryl methyl sites for hydroxylation is 1. The fourth-order valence-corrected chi connectivity index (χ4v) is 9.61. The van der Waals surface area contributed by atoms with Crippen molar-refractivity contribution in [2.45, 2.75) is 76.8 Å². The Morgan fingerprint density at radius 3 is 2.31 bits per heavy atom. The number of nitrogens with one attached hydrogen (secondary N) is 2. The number of aromatic amines is 1. The number of H-pyrrole nitrogens is 1. The van der Waals surface area contributed by atoms with Gasteiger partial charge >= 0.3 is 0 Å². The molecule has 3 atom stereocenters. The molecule has 15 heteroatoms. The van der Waals surface area contributed by atoms with Gasteiger partial charge in [-0.15, -0.1) is 0 Å². The highest BCUT2D eigenvalue weighted by molar-refractivity contribution is 6.10. The van der Waals surface area contributed by atoms with E-state index in [9.17, 15) is 14.4 Å². The largest absolute Gasteiger partial charge is 0.494 e. The van der Waals surface area contributed by atoms with Gasteiger partial charge in [-0.3, -0.25) is 14.4 Å². The second-order valence-corrected chi connectivity index (χ2v) is 17.3. The zero-order valence-corrected chi connectivity index (χ0v) is 36.7. The van der Waals surface area contributed by atoms with Gasteiger partial charge in [-0.1, -0.05) is 43.2 Å². The Bertz CT molecular complexity index is 2590. The van der Waals surface area contributed by atoms with Crippen LogP contribution in [0.1, 0.15) is 78.5 Å². The van der Waals surface area contributed by atoms with Crippen molar-refractivity contribution in [1.82, 2.24) is 30.2 Å². The molecular formula is C49H54FN7O7. The van der Waals surface area contributed by atoms with E-state index in [1.165, 1.54) is 25.6 Å². The van der Waals surface area contributed by atoms with E-state index in [1.54, 1.807) is 31.1 Å². The third-order valence-electron chi connectivity index (χ3n) is 13.2. The number of carbonyl (C=O) groups is 3. The molecule has 2 saturated carbocycles. The lowest BCUT2D eigenvalue weighted by Crippen LogP contribution is -2.56. The van der Waals surface area contributed by atoms with Crippen LogP contribution in [0.2, 0.25) is 0 Å². The second kappa shape index (κ2) is 18.3. The molecule has 64 heavy (non-hydrogen) atoms. The fourth-order valence-electron chi connectivity index (χ4n) is 9.61.